The van der Waals surface area contributed by atoms with Gasteiger partial charge < -0.3 is 19.3 Å². The highest BCUT2D eigenvalue weighted by Crippen LogP contribution is 2.34. The fourth-order valence-electron chi connectivity index (χ4n) is 3.84. The Kier molecular flexibility index (Phi) is 8.43. The number of carbonyl (C=O) groups is 1. The summed E-state index contributed by atoms with van der Waals surface area (Å²) in [6.45, 7) is 4.62. The molecule has 0 saturated carbocycles. The molecule has 0 saturated heterocycles. The van der Waals surface area contributed by atoms with Crippen LogP contribution in [0.1, 0.15) is 44.3 Å². The van der Waals surface area contributed by atoms with E-state index < -0.39 is 53.4 Å². The second-order valence-corrected chi connectivity index (χ2v) is 10.1. The average Bonchev–Trinajstić information content (AvgIpc) is 3.07. The van der Waals surface area contributed by atoms with Crippen LogP contribution >= 0.6 is 15.9 Å². The molecule has 2 heterocycles. The number of aliphatic hydroxyl groups is 1. The van der Waals surface area contributed by atoms with E-state index in [1.165, 1.54) is 4.90 Å². The number of ether oxygens (including phenoxy) is 1. The Morgan fingerprint density at radius 3 is 2.42 bits per heavy atom. The van der Waals surface area contributed by atoms with Gasteiger partial charge in [0.15, 0.2) is 11.6 Å². The van der Waals surface area contributed by atoms with E-state index in [1.54, 1.807) is 20.8 Å². The highest BCUT2D eigenvalue weighted by Gasteiger charge is 2.40. The maximum absolute atomic E-state index is 14.3. The zero-order valence-electron chi connectivity index (χ0n) is 19.6. The van der Waals surface area contributed by atoms with Crippen molar-refractivity contribution < 1.29 is 41.0 Å². The SMILES string of the molecule is CC(C)(C)OC(O)N[C@@H](CC(=O)N1CCn2c(C(F)(F)F)nc(Br)c2C1)Cc1cc(F)c(F)cc1F. The number of alkyl halides is 3. The molecular formula is C22H25BrF6N4O3. The third kappa shape index (κ3) is 6.99. The summed E-state index contributed by atoms with van der Waals surface area (Å²) in [7, 11) is 0. The number of halogens is 7. The predicted molar refractivity (Wildman–Crippen MR) is 119 cm³/mol. The molecule has 1 aromatic carbocycles. The van der Waals surface area contributed by atoms with Crippen LogP contribution in [0.2, 0.25) is 0 Å². The molecule has 1 aliphatic rings. The van der Waals surface area contributed by atoms with Gasteiger partial charge in [0.05, 0.1) is 17.8 Å². The minimum absolute atomic E-state index is 0.0418. The van der Waals surface area contributed by atoms with Gasteiger partial charge in [-0.25, -0.2) is 18.2 Å². The van der Waals surface area contributed by atoms with E-state index in [4.69, 9.17) is 4.74 Å². The number of amides is 1. The second-order valence-electron chi connectivity index (χ2n) is 9.35. The molecule has 1 aliphatic heterocycles. The van der Waals surface area contributed by atoms with Crippen LogP contribution in [0.15, 0.2) is 16.7 Å². The summed E-state index contributed by atoms with van der Waals surface area (Å²) in [5.74, 6) is -5.29. The predicted octanol–water partition coefficient (Wildman–Crippen LogP) is 4.11. The van der Waals surface area contributed by atoms with Gasteiger partial charge in [0.1, 0.15) is 10.4 Å². The summed E-state index contributed by atoms with van der Waals surface area (Å²) in [6.07, 6.45) is -6.91. The molecule has 2 aromatic rings. The van der Waals surface area contributed by atoms with Crippen molar-refractivity contribution in [1.82, 2.24) is 19.8 Å². The number of aliphatic hydroxyl groups excluding tert-OH is 1. The highest BCUT2D eigenvalue weighted by molar-refractivity contribution is 9.10. The molecule has 14 heteroatoms. The van der Waals surface area contributed by atoms with Gasteiger partial charge in [0, 0.05) is 31.6 Å². The number of rotatable bonds is 7. The molecule has 36 heavy (non-hydrogen) atoms. The van der Waals surface area contributed by atoms with Crippen LogP contribution in [-0.4, -0.2) is 50.1 Å². The molecule has 0 spiro atoms. The lowest BCUT2D eigenvalue weighted by Crippen LogP contribution is -2.48. The standard InChI is InChI=1S/C22H25BrF6N4O3/c1-21(2,3)36-20(35)30-12(6-11-7-14(25)15(26)9-13(11)24)8-17(34)32-4-5-33-16(10-32)18(23)31-19(33)22(27,28)29/h7,9,12,20,30,35H,4-6,8,10H2,1-3H3/t12-,20?/m1/s1. The Morgan fingerprint density at radius 1 is 1.17 bits per heavy atom. The van der Waals surface area contributed by atoms with Crippen molar-refractivity contribution in [1.29, 1.82) is 0 Å². The van der Waals surface area contributed by atoms with Gasteiger partial charge in [0.2, 0.25) is 18.1 Å². The molecule has 0 aliphatic carbocycles. The van der Waals surface area contributed by atoms with E-state index >= 15 is 0 Å². The first kappa shape index (κ1) is 28.4. The van der Waals surface area contributed by atoms with Gasteiger partial charge in [-0.05, 0) is 54.8 Å². The number of hydrogen-bond donors (Lipinski definition) is 2. The van der Waals surface area contributed by atoms with Crippen LogP contribution in [0, 0.1) is 17.5 Å². The van der Waals surface area contributed by atoms with Crippen molar-refractivity contribution >= 4 is 21.8 Å². The number of carbonyl (C=O) groups excluding carboxylic acids is 1. The van der Waals surface area contributed by atoms with Gasteiger partial charge in [-0.3, -0.25) is 10.1 Å². The molecule has 0 fully saturated rings. The Morgan fingerprint density at radius 2 is 1.81 bits per heavy atom. The lowest BCUT2D eigenvalue weighted by molar-refractivity contribution is -0.186. The van der Waals surface area contributed by atoms with Gasteiger partial charge >= 0.3 is 6.18 Å². The average molecular weight is 587 g/mol. The van der Waals surface area contributed by atoms with E-state index in [9.17, 15) is 36.2 Å². The van der Waals surface area contributed by atoms with Gasteiger partial charge in [-0.1, -0.05) is 0 Å². The number of fused-ring (bicyclic) bond motifs is 1. The quantitative estimate of drug-likeness (QED) is 0.290. The maximum Gasteiger partial charge on any atom is 0.449 e. The maximum atomic E-state index is 14.3. The molecule has 0 radical (unpaired) electrons. The number of hydrogen-bond acceptors (Lipinski definition) is 5. The molecule has 7 nitrogen and oxygen atoms in total. The topological polar surface area (TPSA) is 79.6 Å². The third-order valence-corrected chi connectivity index (χ3v) is 6.02. The minimum atomic E-state index is -4.67. The van der Waals surface area contributed by atoms with E-state index in [1.807, 2.05) is 0 Å². The zero-order valence-corrected chi connectivity index (χ0v) is 21.2. The van der Waals surface area contributed by atoms with Crippen LogP contribution in [0.4, 0.5) is 26.3 Å². The van der Waals surface area contributed by atoms with Crippen molar-refractivity contribution in [3.8, 4) is 0 Å². The van der Waals surface area contributed by atoms with Crippen molar-refractivity contribution in [2.24, 2.45) is 0 Å². The Hall–Kier alpha value is -2.16. The smallest absolute Gasteiger partial charge is 0.356 e. The summed E-state index contributed by atoms with van der Waals surface area (Å²) in [5, 5.41) is 12.9. The van der Waals surface area contributed by atoms with Crippen molar-refractivity contribution in [3.63, 3.8) is 0 Å². The summed E-state index contributed by atoms with van der Waals surface area (Å²) >= 11 is 3.01. The third-order valence-electron chi connectivity index (χ3n) is 5.38. The monoisotopic (exact) mass is 586 g/mol. The number of nitrogens with one attached hydrogen (secondary N) is 1. The lowest BCUT2D eigenvalue weighted by Gasteiger charge is -2.32. The summed E-state index contributed by atoms with van der Waals surface area (Å²) in [5.41, 5.74) is -0.868. The first-order valence-corrected chi connectivity index (χ1v) is 11.7. The van der Waals surface area contributed by atoms with Crippen LogP contribution in [0.5, 0.6) is 0 Å². The molecule has 1 amide bonds. The molecule has 0 bridgehead atoms. The second kappa shape index (κ2) is 10.7. The highest BCUT2D eigenvalue weighted by atomic mass is 79.9. The Balaban J connectivity index is 1.79. The van der Waals surface area contributed by atoms with Gasteiger partial charge in [0.25, 0.3) is 0 Å². The van der Waals surface area contributed by atoms with E-state index in [-0.39, 0.29) is 48.3 Å². The molecule has 2 atom stereocenters. The number of aromatic nitrogens is 2. The van der Waals surface area contributed by atoms with E-state index in [0.717, 1.165) is 4.57 Å². The fraction of sp³-hybridized carbons (Fsp3) is 0.545. The van der Waals surface area contributed by atoms with Crippen LogP contribution < -0.4 is 5.32 Å². The fourth-order valence-corrected chi connectivity index (χ4v) is 4.35. The van der Waals surface area contributed by atoms with Crippen LogP contribution in [0.3, 0.4) is 0 Å². The first-order chi connectivity index (χ1) is 16.5. The van der Waals surface area contributed by atoms with Crippen LogP contribution in [-0.2, 0) is 35.2 Å². The lowest BCUT2D eigenvalue weighted by atomic mass is 10.0. The summed E-state index contributed by atoms with van der Waals surface area (Å²) in [4.78, 5) is 17.9. The van der Waals surface area contributed by atoms with Crippen LogP contribution in [0.25, 0.3) is 0 Å². The van der Waals surface area contributed by atoms with Crippen molar-refractivity contribution in [3.05, 3.63) is 51.3 Å². The largest absolute Gasteiger partial charge is 0.449 e. The molecule has 1 aromatic heterocycles. The van der Waals surface area contributed by atoms with Gasteiger partial charge in [-0.15, -0.1) is 0 Å². The van der Waals surface area contributed by atoms with Crippen molar-refractivity contribution in [2.45, 2.75) is 70.9 Å². The van der Waals surface area contributed by atoms with E-state index in [0.29, 0.717) is 12.1 Å². The van der Waals surface area contributed by atoms with Gasteiger partial charge in [-0.2, -0.15) is 13.2 Å². The molecule has 3 rings (SSSR count). The number of imidazole rings is 1. The summed E-state index contributed by atoms with van der Waals surface area (Å²) < 4.78 is 87.4. The first-order valence-electron chi connectivity index (χ1n) is 10.9. The molecule has 1 unspecified atom stereocenters. The number of nitrogens with zero attached hydrogens (tertiary/aromatic N) is 3. The normalized spacial score (nSPS) is 16.1. The summed E-state index contributed by atoms with van der Waals surface area (Å²) in [6, 6.07) is 0.0543. The Bertz CT molecular complexity index is 1120. The Labute approximate surface area is 211 Å². The molecule has 2 N–H and O–H groups in total. The minimum Gasteiger partial charge on any atom is -0.356 e. The number of benzene rings is 1. The zero-order chi connectivity index (χ0) is 27.0. The van der Waals surface area contributed by atoms with Crippen molar-refractivity contribution in [2.75, 3.05) is 6.54 Å². The van der Waals surface area contributed by atoms with E-state index in [2.05, 4.69) is 26.2 Å². The molecule has 200 valence electrons. The molecular weight excluding hydrogens is 562 g/mol.